The fraction of sp³-hybridized carbons (Fsp3) is 0.647. The second-order valence-electron chi connectivity index (χ2n) is 6.72. The van der Waals surface area contributed by atoms with Gasteiger partial charge < -0.3 is 15.1 Å². The number of likely N-dealkylation sites (N-methyl/N-ethyl adjacent to an activating group) is 1. The summed E-state index contributed by atoms with van der Waals surface area (Å²) < 4.78 is 0. The van der Waals surface area contributed by atoms with Crippen molar-refractivity contribution in [3.63, 3.8) is 0 Å². The summed E-state index contributed by atoms with van der Waals surface area (Å²) in [5, 5.41) is 3.53. The zero-order chi connectivity index (χ0) is 14.1. The van der Waals surface area contributed by atoms with E-state index in [0.717, 1.165) is 18.5 Å². The molecule has 0 amide bonds. The normalized spacial score (nSPS) is 29.7. The molecule has 110 valence electrons. The van der Waals surface area contributed by atoms with E-state index < -0.39 is 0 Å². The smallest absolute Gasteiger partial charge is 0.0376 e. The fourth-order valence-corrected chi connectivity index (χ4v) is 3.86. The molecule has 0 radical (unpaired) electrons. The Morgan fingerprint density at radius 2 is 2.05 bits per heavy atom. The van der Waals surface area contributed by atoms with Gasteiger partial charge in [0.05, 0.1) is 0 Å². The van der Waals surface area contributed by atoms with Crippen LogP contribution >= 0.6 is 0 Å². The number of para-hydroxylation sites is 1. The van der Waals surface area contributed by atoms with E-state index in [4.69, 9.17) is 0 Å². The third-order valence-electron chi connectivity index (χ3n) is 5.04. The maximum Gasteiger partial charge on any atom is 0.0376 e. The molecule has 0 aromatic heterocycles. The van der Waals surface area contributed by atoms with Crippen LogP contribution in [0, 0.1) is 5.92 Å². The molecule has 2 aliphatic rings. The minimum Gasteiger partial charge on any atom is -0.384 e. The van der Waals surface area contributed by atoms with Crippen LogP contribution < -0.4 is 5.32 Å². The van der Waals surface area contributed by atoms with Crippen LogP contribution in [0.5, 0.6) is 0 Å². The van der Waals surface area contributed by atoms with Crippen LogP contribution in [0.15, 0.2) is 24.3 Å². The number of anilines is 1. The molecule has 0 saturated carbocycles. The molecule has 2 aliphatic heterocycles. The molecule has 0 aliphatic carbocycles. The van der Waals surface area contributed by atoms with E-state index in [-0.39, 0.29) is 0 Å². The summed E-state index contributed by atoms with van der Waals surface area (Å²) >= 11 is 0. The highest BCUT2D eigenvalue weighted by atomic mass is 15.2. The van der Waals surface area contributed by atoms with Gasteiger partial charge in [-0.2, -0.15) is 0 Å². The molecular formula is C17H27N3. The summed E-state index contributed by atoms with van der Waals surface area (Å²) in [7, 11) is 4.42. The Morgan fingerprint density at radius 3 is 2.80 bits per heavy atom. The standard InChI is InChI=1S/C17H27N3/c1-13-11-20(12-17(13)19(2)3)9-8-14-10-18-16-7-5-4-6-15(14)16/h4-7,13-14,17-18H,8-12H2,1-3H3. The van der Waals surface area contributed by atoms with Gasteiger partial charge >= 0.3 is 0 Å². The minimum atomic E-state index is 0.694. The van der Waals surface area contributed by atoms with Crippen molar-refractivity contribution < 1.29 is 0 Å². The SMILES string of the molecule is CC1CN(CCC2CNc3ccccc32)CC1N(C)C. The molecule has 1 fully saturated rings. The van der Waals surface area contributed by atoms with E-state index in [1.807, 2.05) is 0 Å². The molecule has 3 atom stereocenters. The van der Waals surface area contributed by atoms with Gasteiger partial charge in [-0.05, 0) is 44.6 Å². The van der Waals surface area contributed by atoms with Gasteiger partial charge in [0.25, 0.3) is 0 Å². The number of rotatable bonds is 4. The van der Waals surface area contributed by atoms with E-state index in [0.29, 0.717) is 5.92 Å². The highest BCUT2D eigenvalue weighted by molar-refractivity contribution is 5.57. The molecule has 1 N–H and O–H groups in total. The van der Waals surface area contributed by atoms with Crippen LogP contribution in [-0.2, 0) is 0 Å². The number of hydrogen-bond acceptors (Lipinski definition) is 3. The lowest BCUT2D eigenvalue weighted by Crippen LogP contribution is -2.34. The first-order valence-corrected chi connectivity index (χ1v) is 7.86. The van der Waals surface area contributed by atoms with Gasteiger partial charge in [-0.3, -0.25) is 0 Å². The molecular weight excluding hydrogens is 246 g/mol. The lowest BCUT2D eigenvalue weighted by molar-refractivity contribution is 0.250. The predicted octanol–water partition coefficient (Wildman–Crippen LogP) is 2.47. The Bertz CT molecular complexity index is 457. The van der Waals surface area contributed by atoms with Crippen LogP contribution in [0.4, 0.5) is 5.69 Å². The average molecular weight is 273 g/mol. The first-order chi connectivity index (χ1) is 9.65. The minimum absolute atomic E-state index is 0.694. The van der Waals surface area contributed by atoms with Crippen molar-refractivity contribution in [2.45, 2.75) is 25.3 Å². The molecule has 1 aromatic rings. The molecule has 0 bridgehead atoms. The molecule has 1 saturated heterocycles. The number of fused-ring (bicyclic) bond motifs is 1. The third-order valence-corrected chi connectivity index (χ3v) is 5.04. The van der Waals surface area contributed by atoms with Crippen LogP contribution in [0.1, 0.15) is 24.8 Å². The predicted molar refractivity (Wildman–Crippen MR) is 85.4 cm³/mol. The van der Waals surface area contributed by atoms with Crippen molar-refractivity contribution >= 4 is 5.69 Å². The monoisotopic (exact) mass is 273 g/mol. The van der Waals surface area contributed by atoms with Crippen LogP contribution in [-0.4, -0.2) is 56.1 Å². The molecule has 0 spiro atoms. The topological polar surface area (TPSA) is 18.5 Å². The first-order valence-electron chi connectivity index (χ1n) is 7.86. The van der Waals surface area contributed by atoms with Gasteiger partial charge in [0.1, 0.15) is 0 Å². The van der Waals surface area contributed by atoms with Crippen LogP contribution in [0.3, 0.4) is 0 Å². The summed E-state index contributed by atoms with van der Waals surface area (Å²) in [6.07, 6.45) is 1.27. The Morgan fingerprint density at radius 1 is 1.25 bits per heavy atom. The van der Waals surface area contributed by atoms with Crippen LogP contribution in [0.25, 0.3) is 0 Å². The maximum atomic E-state index is 3.53. The molecule has 3 unspecified atom stereocenters. The number of hydrogen-bond donors (Lipinski definition) is 1. The Kier molecular flexibility index (Phi) is 3.99. The molecule has 2 heterocycles. The van der Waals surface area contributed by atoms with Gasteiger partial charge in [0.15, 0.2) is 0 Å². The number of benzene rings is 1. The van der Waals surface area contributed by atoms with Gasteiger partial charge in [-0.15, -0.1) is 0 Å². The van der Waals surface area contributed by atoms with Gasteiger partial charge in [0.2, 0.25) is 0 Å². The van der Waals surface area contributed by atoms with Gasteiger partial charge in [-0.25, -0.2) is 0 Å². The second kappa shape index (κ2) is 5.74. The molecule has 20 heavy (non-hydrogen) atoms. The lowest BCUT2D eigenvalue weighted by Gasteiger charge is -2.23. The quantitative estimate of drug-likeness (QED) is 0.909. The van der Waals surface area contributed by atoms with Crippen molar-refractivity contribution in [3.8, 4) is 0 Å². The largest absolute Gasteiger partial charge is 0.384 e. The summed E-state index contributed by atoms with van der Waals surface area (Å²) in [5.41, 5.74) is 2.86. The van der Waals surface area contributed by atoms with E-state index in [2.05, 4.69) is 60.4 Å². The van der Waals surface area contributed by atoms with Crippen LogP contribution in [0.2, 0.25) is 0 Å². The summed E-state index contributed by atoms with van der Waals surface area (Å²) in [6.45, 7) is 7.22. The lowest BCUT2D eigenvalue weighted by atomic mass is 9.98. The first kappa shape index (κ1) is 13.9. The maximum absolute atomic E-state index is 3.53. The average Bonchev–Trinajstić information content (AvgIpc) is 3.00. The number of nitrogens with one attached hydrogen (secondary N) is 1. The molecule has 3 heteroatoms. The molecule has 1 aromatic carbocycles. The number of nitrogens with zero attached hydrogens (tertiary/aromatic N) is 2. The van der Waals surface area contributed by atoms with E-state index in [9.17, 15) is 0 Å². The van der Waals surface area contributed by atoms with E-state index in [1.54, 1.807) is 0 Å². The second-order valence-corrected chi connectivity index (χ2v) is 6.72. The Hall–Kier alpha value is -1.06. The van der Waals surface area contributed by atoms with E-state index in [1.165, 1.54) is 37.3 Å². The number of likely N-dealkylation sites (tertiary alicyclic amines) is 1. The summed E-state index contributed by atoms with van der Waals surface area (Å²) in [5.74, 6) is 1.49. The zero-order valence-electron chi connectivity index (χ0n) is 13.0. The zero-order valence-corrected chi connectivity index (χ0v) is 13.0. The van der Waals surface area contributed by atoms with Crippen molar-refractivity contribution in [1.82, 2.24) is 9.80 Å². The fourth-order valence-electron chi connectivity index (χ4n) is 3.86. The van der Waals surface area contributed by atoms with Crippen molar-refractivity contribution in [2.75, 3.05) is 45.6 Å². The van der Waals surface area contributed by atoms with Gasteiger partial charge in [0, 0.05) is 37.3 Å². The highest BCUT2D eigenvalue weighted by Gasteiger charge is 2.31. The van der Waals surface area contributed by atoms with Crippen molar-refractivity contribution in [2.24, 2.45) is 5.92 Å². The van der Waals surface area contributed by atoms with E-state index >= 15 is 0 Å². The summed E-state index contributed by atoms with van der Waals surface area (Å²) in [6, 6.07) is 9.51. The highest BCUT2D eigenvalue weighted by Crippen LogP contribution is 2.33. The molecule has 3 nitrogen and oxygen atoms in total. The Balaban J connectivity index is 1.54. The van der Waals surface area contributed by atoms with Crippen molar-refractivity contribution in [1.29, 1.82) is 0 Å². The third kappa shape index (κ3) is 2.70. The van der Waals surface area contributed by atoms with Crippen molar-refractivity contribution in [3.05, 3.63) is 29.8 Å². The summed E-state index contributed by atoms with van der Waals surface area (Å²) in [4.78, 5) is 5.04. The Labute approximate surface area is 123 Å². The van der Waals surface area contributed by atoms with Gasteiger partial charge in [-0.1, -0.05) is 25.1 Å². The molecule has 3 rings (SSSR count).